The molecule has 0 aliphatic carbocycles. The lowest BCUT2D eigenvalue weighted by molar-refractivity contribution is 0.0835. The highest BCUT2D eigenvalue weighted by atomic mass is 16.5. The molecule has 0 saturated carbocycles. The van der Waals surface area contributed by atoms with E-state index in [0.29, 0.717) is 11.5 Å². The number of nitrogens with one attached hydrogen (secondary N) is 1. The molecule has 2 nitrogen and oxygen atoms in total. The van der Waals surface area contributed by atoms with Gasteiger partial charge in [0.2, 0.25) is 0 Å². The van der Waals surface area contributed by atoms with Gasteiger partial charge in [-0.3, -0.25) is 0 Å². The molecule has 2 heterocycles. The highest BCUT2D eigenvalue weighted by Gasteiger charge is 2.40. The zero-order valence-corrected chi connectivity index (χ0v) is 12.2. The van der Waals surface area contributed by atoms with E-state index < -0.39 is 0 Å². The van der Waals surface area contributed by atoms with Gasteiger partial charge >= 0.3 is 0 Å². The lowest BCUT2D eigenvalue weighted by atomic mass is 9.72. The van der Waals surface area contributed by atoms with Crippen LogP contribution in [-0.2, 0) is 12.8 Å². The minimum absolute atomic E-state index is 0.341. The molecule has 2 aromatic carbocycles. The maximum Gasteiger partial charge on any atom is 0.123 e. The molecule has 2 heteroatoms. The van der Waals surface area contributed by atoms with Crippen LogP contribution in [0.2, 0.25) is 0 Å². The first-order chi connectivity index (χ1) is 10.3. The van der Waals surface area contributed by atoms with Crippen LogP contribution in [0.15, 0.2) is 54.6 Å². The smallest absolute Gasteiger partial charge is 0.123 e. The minimum Gasteiger partial charge on any atom is -0.490 e. The van der Waals surface area contributed by atoms with Crippen LogP contribution in [0.3, 0.4) is 0 Å². The van der Waals surface area contributed by atoms with Crippen LogP contribution >= 0.6 is 0 Å². The van der Waals surface area contributed by atoms with E-state index >= 15 is 0 Å². The van der Waals surface area contributed by atoms with E-state index in [4.69, 9.17) is 4.74 Å². The summed E-state index contributed by atoms with van der Waals surface area (Å²) in [5.41, 5.74) is 3.17. The normalized spacial score (nSPS) is 22.2. The van der Waals surface area contributed by atoms with Crippen molar-refractivity contribution in [1.29, 1.82) is 0 Å². The summed E-state index contributed by atoms with van der Waals surface area (Å²) in [6.07, 6.45) is 3.70. The average molecular weight is 279 g/mol. The molecule has 0 radical (unpaired) electrons. The molecule has 2 aliphatic heterocycles. The molecule has 1 atom stereocenters. The fourth-order valence-electron chi connectivity index (χ4n) is 3.70. The Labute approximate surface area is 126 Å². The third-order valence-electron chi connectivity index (χ3n) is 4.80. The second kappa shape index (κ2) is 5.19. The Hall–Kier alpha value is -1.80. The van der Waals surface area contributed by atoms with Gasteiger partial charge in [0, 0.05) is 24.9 Å². The van der Waals surface area contributed by atoms with Gasteiger partial charge in [-0.15, -0.1) is 0 Å². The van der Waals surface area contributed by atoms with Crippen LogP contribution < -0.4 is 10.1 Å². The molecule has 108 valence electrons. The summed E-state index contributed by atoms with van der Waals surface area (Å²) in [4.78, 5) is 0. The van der Waals surface area contributed by atoms with Crippen molar-refractivity contribution in [3.63, 3.8) is 0 Å². The summed E-state index contributed by atoms with van der Waals surface area (Å²) in [5.74, 6) is 1.09. The molecule has 0 amide bonds. The van der Waals surface area contributed by atoms with Crippen molar-refractivity contribution < 1.29 is 4.74 Å². The number of benzene rings is 2. The van der Waals surface area contributed by atoms with E-state index in [0.717, 1.165) is 38.1 Å². The predicted octanol–water partition coefficient (Wildman–Crippen LogP) is 3.21. The summed E-state index contributed by atoms with van der Waals surface area (Å²) in [5, 5.41) is 3.46. The highest BCUT2D eigenvalue weighted by molar-refractivity contribution is 5.37. The summed E-state index contributed by atoms with van der Waals surface area (Å²) in [7, 11) is 0. The molecule has 2 aliphatic rings. The third kappa shape index (κ3) is 2.56. The Morgan fingerprint density at radius 3 is 2.48 bits per heavy atom. The molecule has 0 spiro atoms. The highest BCUT2D eigenvalue weighted by Crippen LogP contribution is 2.38. The van der Waals surface area contributed by atoms with Crippen molar-refractivity contribution in [2.45, 2.75) is 25.4 Å². The molecule has 1 fully saturated rings. The number of rotatable bonds is 4. The SMILES string of the molecule is c1ccc(CC2(CC3Cc4ccccc4O3)CNC2)cc1. The van der Waals surface area contributed by atoms with Crippen molar-refractivity contribution in [2.24, 2.45) is 5.41 Å². The number of para-hydroxylation sites is 1. The number of hydrogen-bond donors (Lipinski definition) is 1. The topological polar surface area (TPSA) is 21.3 Å². The standard InChI is InChI=1S/C19H21NO/c1-2-6-15(7-3-1)11-19(13-20-14-19)12-17-10-16-8-4-5-9-18(16)21-17/h1-9,17,20H,10-14H2. The van der Waals surface area contributed by atoms with E-state index in [2.05, 4.69) is 59.9 Å². The van der Waals surface area contributed by atoms with Crippen molar-refractivity contribution in [3.8, 4) is 5.75 Å². The molecule has 1 saturated heterocycles. The van der Waals surface area contributed by atoms with Crippen molar-refractivity contribution in [1.82, 2.24) is 5.32 Å². The number of ether oxygens (including phenoxy) is 1. The molecular formula is C19H21NO. The van der Waals surface area contributed by atoms with Crippen LogP contribution in [0.1, 0.15) is 17.5 Å². The van der Waals surface area contributed by atoms with E-state index in [1.54, 1.807) is 0 Å². The lowest BCUT2D eigenvalue weighted by Gasteiger charge is -2.44. The Bertz CT molecular complexity index is 593. The maximum absolute atomic E-state index is 6.15. The Kier molecular flexibility index (Phi) is 3.19. The van der Waals surface area contributed by atoms with Gasteiger partial charge in [-0.25, -0.2) is 0 Å². The van der Waals surface area contributed by atoms with Crippen molar-refractivity contribution in [2.75, 3.05) is 13.1 Å². The molecule has 2 aromatic rings. The fourth-order valence-corrected chi connectivity index (χ4v) is 3.70. The van der Waals surface area contributed by atoms with Crippen molar-refractivity contribution in [3.05, 3.63) is 65.7 Å². The zero-order chi connectivity index (χ0) is 14.1. The second-order valence-corrected chi connectivity index (χ2v) is 6.52. The molecule has 21 heavy (non-hydrogen) atoms. The minimum atomic E-state index is 0.341. The Balaban J connectivity index is 1.46. The molecule has 1 N–H and O–H groups in total. The van der Waals surface area contributed by atoms with E-state index in [1.807, 2.05) is 0 Å². The van der Waals surface area contributed by atoms with Crippen LogP contribution in [0.4, 0.5) is 0 Å². The number of fused-ring (bicyclic) bond motifs is 1. The monoisotopic (exact) mass is 279 g/mol. The van der Waals surface area contributed by atoms with E-state index in [-0.39, 0.29) is 0 Å². The molecule has 0 bridgehead atoms. The van der Waals surface area contributed by atoms with Gasteiger partial charge in [-0.1, -0.05) is 48.5 Å². The maximum atomic E-state index is 6.15. The van der Waals surface area contributed by atoms with Crippen molar-refractivity contribution >= 4 is 0 Å². The van der Waals surface area contributed by atoms with Crippen LogP contribution in [0, 0.1) is 5.41 Å². The first-order valence-electron chi connectivity index (χ1n) is 7.82. The van der Waals surface area contributed by atoms with E-state index in [1.165, 1.54) is 11.1 Å². The van der Waals surface area contributed by atoms with E-state index in [9.17, 15) is 0 Å². The summed E-state index contributed by atoms with van der Waals surface area (Å²) >= 11 is 0. The molecule has 4 rings (SSSR count). The Morgan fingerprint density at radius 2 is 1.76 bits per heavy atom. The first-order valence-corrected chi connectivity index (χ1v) is 7.82. The number of hydrogen-bond acceptors (Lipinski definition) is 2. The zero-order valence-electron chi connectivity index (χ0n) is 12.2. The lowest BCUT2D eigenvalue weighted by Crippen LogP contribution is -2.56. The van der Waals surface area contributed by atoms with Crippen LogP contribution in [-0.4, -0.2) is 19.2 Å². The molecule has 1 unspecified atom stereocenters. The van der Waals surface area contributed by atoms with Gasteiger partial charge in [0.15, 0.2) is 0 Å². The van der Waals surface area contributed by atoms with Gasteiger partial charge in [0.25, 0.3) is 0 Å². The summed E-state index contributed by atoms with van der Waals surface area (Å²) < 4.78 is 6.15. The van der Waals surface area contributed by atoms with Gasteiger partial charge in [0.05, 0.1) is 0 Å². The van der Waals surface area contributed by atoms with Gasteiger partial charge < -0.3 is 10.1 Å². The summed E-state index contributed by atoms with van der Waals surface area (Å²) in [6.45, 7) is 2.22. The third-order valence-corrected chi connectivity index (χ3v) is 4.80. The molecular weight excluding hydrogens is 258 g/mol. The first kappa shape index (κ1) is 12.9. The van der Waals surface area contributed by atoms with Crippen LogP contribution in [0.5, 0.6) is 5.75 Å². The average Bonchev–Trinajstić information content (AvgIpc) is 2.88. The Morgan fingerprint density at radius 1 is 1.00 bits per heavy atom. The molecule has 0 aromatic heterocycles. The quantitative estimate of drug-likeness (QED) is 0.928. The fraction of sp³-hybridized carbons (Fsp3) is 0.368. The van der Waals surface area contributed by atoms with Crippen LogP contribution in [0.25, 0.3) is 0 Å². The van der Waals surface area contributed by atoms with Gasteiger partial charge in [0.1, 0.15) is 11.9 Å². The largest absolute Gasteiger partial charge is 0.490 e. The second-order valence-electron chi connectivity index (χ2n) is 6.52. The summed E-state index contributed by atoms with van der Waals surface area (Å²) in [6, 6.07) is 19.3. The van der Waals surface area contributed by atoms with Gasteiger partial charge in [-0.2, -0.15) is 0 Å². The predicted molar refractivity (Wildman–Crippen MR) is 84.6 cm³/mol. The van der Waals surface area contributed by atoms with Gasteiger partial charge in [-0.05, 0) is 30.0 Å².